The molecule has 0 aliphatic carbocycles. The van der Waals surface area contributed by atoms with E-state index < -0.39 is 6.10 Å². The van der Waals surface area contributed by atoms with Crippen LogP contribution in [0.2, 0.25) is 0 Å². The van der Waals surface area contributed by atoms with Crippen LogP contribution in [-0.2, 0) is 0 Å². The number of hydrogen-bond donors (Lipinski definition) is 2. The summed E-state index contributed by atoms with van der Waals surface area (Å²) in [6.45, 7) is 2.44. The van der Waals surface area contributed by atoms with Crippen LogP contribution in [0, 0.1) is 5.92 Å². The van der Waals surface area contributed by atoms with Crippen LogP contribution in [0.4, 0.5) is 0 Å². The van der Waals surface area contributed by atoms with Crippen LogP contribution < -0.4 is 5.73 Å². The molecule has 2 unspecified atom stereocenters. The maximum Gasteiger partial charge on any atom is 0.0827 e. The first-order valence-electron chi connectivity index (χ1n) is 5.69. The van der Waals surface area contributed by atoms with E-state index in [1.54, 1.807) is 0 Å². The zero-order valence-electron chi connectivity index (χ0n) is 9.73. The number of benzene rings is 2. The van der Waals surface area contributed by atoms with Gasteiger partial charge in [-0.3, -0.25) is 0 Å². The standard InChI is InChI=1S/C14H16BrNO/c1-9(8-16)14(17)12-3-2-11-7-13(15)5-4-10(11)6-12/h2-7,9,14,17H,8,16H2,1H3. The first kappa shape index (κ1) is 12.6. The Morgan fingerprint density at radius 3 is 2.53 bits per heavy atom. The molecule has 0 saturated heterocycles. The molecule has 90 valence electrons. The summed E-state index contributed by atoms with van der Waals surface area (Å²) in [5.41, 5.74) is 6.51. The molecule has 0 aliphatic heterocycles. The molecule has 3 heteroatoms. The van der Waals surface area contributed by atoms with Gasteiger partial charge in [-0.1, -0.05) is 41.1 Å². The van der Waals surface area contributed by atoms with Gasteiger partial charge >= 0.3 is 0 Å². The lowest BCUT2D eigenvalue weighted by atomic mass is 9.95. The van der Waals surface area contributed by atoms with Gasteiger partial charge in [0.2, 0.25) is 0 Å². The molecule has 0 heterocycles. The highest BCUT2D eigenvalue weighted by Crippen LogP contribution is 2.26. The van der Waals surface area contributed by atoms with Gasteiger partial charge in [0, 0.05) is 4.47 Å². The Morgan fingerprint density at radius 2 is 1.82 bits per heavy atom. The van der Waals surface area contributed by atoms with Gasteiger partial charge < -0.3 is 10.8 Å². The average molecular weight is 294 g/mol. The second-order valence-corrected chi connectivity index (χ2v) is 5.32. The van der Waals surface area contributed by atoms with Crippen LogP contribution in [0.1, 0.15) is 18.6 Å². The van der Waals surface area contributed by atoms with E-state index in [-0.39, 0.29) is 5.92 Å². The third-order valence-corrected chi connectivity index (χ3v) is 3.57. The van der Waals surface area contributed by atoms with Crippen molar-refractivity contribution in [1.29, 1.82) is 0 Å². The quantitative estimate of drug-likeness (QED) is 0.913. The topological polar surface area (TPSA) is 46.2 Å². The number of aliphatic hydroxyl groups excluding tert-OH is 1. The van der Waals surface area contributed by atoms with Crippen molar-refractivity contribution >= 4 is 26.7 Å². The number of fused-ring (bicyclic) bond motifs is 1. The van der Waals surface area contributed by atoms with E-state index in [9.17, 15) is 5.11 Å². The lowest BCUT2D eigenvalue weighted by molar-refractivity contribution is 0.122. The predicted octanol–water partition coefficient (Wildman–Crippen LogP) is 3.23. The maximum atomic E-state index is 10.1. The van der Waals surface area contributed by atoms with Crippen molar-refractivity contribution in [2.75, 3.05) is 6.54 Å². The molecule has 3 N–H and O–H groups in total. The average Bonchev–Trinajstić information content (AvgIpc) is 2.36. The van der Waals surface area contributed by atoms with E-state index in [1.807, 2.05) is 37.3 Å². The lowest BCUT2D eigenvalue weighted by Crippen LogP contribution is -2.18. The van der Waals surface area contributed by atoms with Gasteiger partial charge in [-0.25, -0.2) is 0 Å². The monoisotopic (exact) mass is 293 g/mol. The smallest absolute Gasteiger partial charge is 0.0827 e. The van der Waals surface area contributed by atoms with Crippen molar-refractivity contribution in [3.63, 3.8) is 0 Å². The van der Waals surface area contributed by atoms with Crippen LogP contribution in [0.3, 0.4) is 0 Å². The van der Waals surface area contributed by atoms with Crippen molar-refractivity contribution < 1.29 is 5.11 Å². The third kappa shape index (κ3) is 2.68. The van der Waals surface area contributed by atoms with Gasteiger partial charge in [-0.2, -0.15) is 0 Å². The summed E-state index contributed by atoms with van der Waals surface area (Å²) in [5.74, 6) is 0.0721. The van der Waals surface area contributed by atoms with Crippen LogP contribution in [0.15, 0.2) is 40.9 Å². The molecule has 2 nitrogen and oxygen atoms in total. The van der Waals surface area contributed by atoms with Crippen molar-refractivity contribution in [1.82, 2.24) is 0 Å². The van der Waals surface area contributed by atoms with Crippen molar-refractivity contribution in [2.45, 2.75) is 13.0 Å². The van der Waals surface area contributed by atoms with Gasteiger partial charge in [-0.15, -0.1) is 0 Å². The number of rotatable bonds is 3. The van der Waals surface area contributed by atoms with Crippen molar-refractivity contribution in [3.8, 4) is 0 Å². The first-order valence-corrected chi connectivity index (χ1v) is 6.48. The fourth-order valence-electron chi connectivity index (χ4n) is 1.88. The van der Waals surface area contributed by atoms with E-state index in [1.165, 1.54) is 0 Å². The van der Waals surface area contributed by atoms with E-state index in [0.717, 1.165) is 20.8 Å². The highest BCUT2D eigenvalue weighted by atomic mass is 79.9. The Morgan fingerprint density at radius 1 is 1.18 bits per heavy atom. The van der Waals surface area contributed by atoms with Crippen LogP contribution in [-0.4, -0.2) is 11.7 Å². The fraction of sp³-hybridized carbons (Fsp3) is 0.286. The Kier molecular flexibility index (Phi) is 3.82. The van der Waals surface area contributed by atoms with Gasteiger partial charge in [0.25, 0.3) is 0 Å². The minimum atomic E-state index is -0.493. The molecule has 0 fully saturated rings. The minimum Gasteiger partial charge on any atom is -0.388 e. The molecule has 0 amide bonds. The first-order chi connectivity index (χ1) is 8.11. The molecule has 0 radical (unpaired) electrons. The Balaban J connectivity index is 2.41. The summed E-state index contributed by atoms with van der Waals surface area (Å²) in [7, 11) is 0. The molecular weight excluding hydrogens is 278 g/mol. The second kappa shape index (κ2) is 5.17. The lowest BCUT2D eigenvalue weighted by Gasteiger charge is -2.17. The molecule has 2 aromatic carbocycles. The van der Waals surface area contributed by atoms with Crippen LogP contribution in [0.5, 0.6) is 0 Å². The summed E-state index contributed by atoms with van der Waals surface area (Å²) in [6, 6.07) is 12.1. The summed E-state index contributed by atoms with van der Waals surface area (Å²) in [4.78, 5) is 0. The third-order valence-electron chi connectivity index (χ3n) is 3.08. The zero-order valence-corrected chi connectivity index (χ0v) is 11.3. The Bertz CT molecular complexity index is 527. The van der Waals surface area contributed by atoms with E-state index in [4.69, 9.17) is 5.73 Å². The number of halogens is 1. The second-order valence-electron chi connectivity index (χ2n) is 4.41. The Labute approximate surface area is 110 Å². The molecule has 2 atom stereocenters. The number of hydrogen-bond acceptors (Lipinski definition) is 2. The number of nitrogens with two attached hydrogens (primary N) is 1. The molecule has 0 spiro atoms. The molecular formula is C14H16BrNO. The summed E-state index contributed by atoms with van der Waals surface area (Å²) < 4.78 is 1.06. The predicted molar refractivity (Wildman–Crippen MR) is 74.8 cm³/mol. The van der Waals surface area contributed by atoms with Crippen LogP contribution >= 0.6 is 15.9 Å². The Hall–Kier alpha value is -0.900. The summed E-state index contributed by atoms with van der Waals surface area (Å²) in [6.07, 6.45) is -0.493. The van der Waals surface area contributed by atoms with Gasteiger partial charge in [-0.05, 0) is 47.0 Å². The maximum absolute atomic E-state index is 10.1. The summed E-state index contributed by atoms with van der Waals surface area (Å²) >= 11 is 3.45. The number of aliphatic hydroxyl groups is 1. The molecule has 0 aliphatic rings. The molecule has 2 aromatic rings. The van der Waals surface area contributed by atoms with Crippen molar-refractivity contribution in [3.05, 3.63) is 46.4 Å². The summed E-state index contributed by atoms with van der Waals surface area (Å²) in [5, 5.41) is 12.4. The zero-order chi connectivity index (χ0) is 12.4. The highest BCUT2D eigenvalue weighted by molar-refractivity contribution is 9.10. The molecule has 2 rings (SSSR count). The highest BCUT2D eigenvalue weighted by Gasteiger charge is 2.14. The molecule has 0 bridgehead atoms. The van der Waals surface area contributed by atoms with E-state index >= 15 is 0 Å². The van der Waals surface area contributed by atoms with Crippen LogP contribution in [0.25, 0.3) is 10.8 Å². The minimum absolute atomic E-state index is 0.0721. The molecule has 17 heavy (non-hydrogen) atoms. The van der Waals surface area contributed by atoms with E-state index in [2.05, 4.69) is 22.0 Å². The molecule has 0 aromatic heterocycles. The van der Waals surface area contributed by atoms with Gasteiger partial charge in [0.15, 0.2) is 0 Å². The van der Waals surface area contributed by atoms with E-state index in [0.29, 0.717) is 6.54 Å². The fourth-order valence-corrected chi connectivity index (χ4v) is 2.26. The molecule has 0 saturated carbocycles. The normalized spacial score (nSPS) is 14.8. The SMILES string of the molecule is CC(CN)C(O)c1ccc2cc(Br)ccc2c1. The largest absolute Gasteiger partial charge is 0.388 e. The van der Waals surface area contributed by atoms with Gasteiger partial charge in [0.1, 0.15) is 0 Å². The van der Waals surface area contributed by atoms with Crippen molar-refractivity contribution in [2.24, 2.45) is 11.7 Å². The van der Waals surface area contributed by atoms with Gasteiger partial charge in [0.05, 0.1) is 6.10 Å².